The van der Waals surface area contributed by atoms with Gasteiger partial charge in [0.2, 0.25) is 0 Å². The molecule has 1 aliphatic rings. The molecule has 0 spiro atoms. The van der Waals surface area contributed by atoms with Gasteiger partial charge in [-0.2, -0.15) is 0 Å². The van der Waals surface area contributed by atoms with Crippen LogP contribution < -0.4 is 0 Å². The molecule has 1 rings (SSSR count). The molecule has 0 aromatic rings. The molecule has 78 valence electrons. The van der Waals surface area contributed by atoms with E-state index in [9.17, 15) is 9.59 Å². The predicted octanol–water partition coefficient (Wildman–Crippen LogP) is 0.349. The van der Waals surface area contributed by atoms with Gasteiger partial charge in [-0.05, 0) is 6.42 Å². The Morgan fingerprint density at radius 1 is 1.64 bits per heavy atom. The second-order valence-corrected chi connectivity index (χ2v) is 2.92. The Bertz CT molecular complexity index is 264. The molecule has 5 heteroatoms. The average molecular weight is 200 g/mol. The maximum absolute atomic E-state index is 11.2. The van der Waals surface area contributed by atoms with Crippen molar-refractivity contribution >= 4 is 11.9 Å². The third kappa shape index (κ3) is 3.57. The van der Waals surface area contributed by atoms with Crippen LogP contribution in [0.3, 0.4) is 0 Å². The summed E-state index contributed by atoms with van der Waals surface area (Å²) >= 11 is 0. The van der Waals surface area contributed by atoms with E-state index in [0.29, 0.717) is 13.0 Å². The Balaban J connectivity index is 2.41. The number of epoxide rings is 1. The molecule has 14 heavy (non-hydrogen) atoms. The van der Waals surface area contributed by atoms with Crippen LogP contribution in [0.4, 0.5) is 0 Å². The summed E-state index contributed by atoms with van der Waals surface area (Å²) in [6.07, 6.45) is 1.22. The number of esters is 1. The van der Waals surface area contributed by atoms with E-state index in [2.05, 4.69) is 0 Å². The first-order valence-corrected chi connectivity index (χ1v) is 4.35. The summed E-state index contributed by atoms with van der Waals surface area (Å²) in [5, 5.41) is 8.44. The first-order chi connectivity index (χ1) is 6.63. The lowest BCUT2D eigenvalue weighted by Crippen LogP contribution is -2.12. The van der Waals surface area contributed by atoms with E-state index in [1.807, 2.05) is 0 Å². The van der Waals surface area contributed by atoms with Gasteiger partial charge >= 0.3 is 11.9 Å². The summed E-state index contributed by atoms with van der Waals surface area (Å²) in [6, 6.07) is 0. The van der Waals surface area contributed by atoms with Gasteiger partial charge in [0.15, 0.2) is 0 Å². The third-order valence-corrected chi connectivity index (χ3v) is 1.74. The number of rotatable bonds is 5. The quantitative estimate of drug-likeness (QED) is 0.393. The smallest absolute Gasteiger partial charge is 0.334 e. The predicted molar refractivity (Wildman–Crippen MR) is 46.7 cm³/mol. The highest BCUT2D eigenvalue weighted by Gasteiger charge is 2.24. The number of carbonyl (C=O) groups excluding carboxylic acids is 1. The Morgan fingerprint density at radius 3 is 2.71 bits per heavy atom. The van der Waals surface area contributed by atoms with Gasteiger partial charge in [-0.25, -0.2) is 9.59 Å². The number of carboxylic acids is 1. The van der Waals surface area contributed by atoms with Crippen LogP contribution in [0.2, 0.25) is 0 Å². The largest absolute Gasteiger partial charge is 0.478 e. The monoisotopic (exact) mass is 200 g/mol. The molecular weight excluding hydrogens is 188 g/mol. The van der Waals surface area contributed by atoms with E-state index >= 15 is 0 Å². The number of carboxylic acid groups (broad SMARTS) is 1. The van der Waals surface area contributed by atoms with E-state index in [0.717, 1.165) is 6.08 Å². The fourth-order valence-electron chi connectivity index (χ4n) is 0.880. The van der Waals surface area contributed by atoms with Crippen LogP contribution in [0.5, 0.6) is 0 Å². The lowest BCUT2D eigenvalue weighted by Gasteiger charge is -2.03. The molecule has 0 aromatic heterocycles. The van der Waals surface area contributed by atoms with Crippen molar-refractivity contribution in [2.24, 2.45) is 0 Å². The number of hydrogen-bond acceptors (Lipinski definition) is 4. The van der Waals surface area contributed by atoms with Gasteiger partial charge in [-0.1, -0.05) is 6.92 Å². The minimum atomic E-state index is -1.14. The zero-order chi connectivity index (χ0) is 10.6. The molecule has 0 aliphatic carbocycles. The molecule has 0 radical (unpaired) electrons. The van der Waals surface area contributed by atoms with Crippen LogP contribution in [0.25, 0.3) is 0 Å². The maximum atomic E-state index is 11.2. The molecule has 0 amide bonds. The summed E-state index contributed by atoms with van der Waals surface area (Å²) in [6.45, 7) is 2.51. The molecule has 0 saturated carbocycles. The van der Waals surface area contributed by atoms with Gasteiger partial charge < -0.3 is 14.6 Å². The van der Waals surface area contributed by atoms with E-state index in [-0.39, 0.29) is 18.3 Å². The Morgan fingerprint density at radius 2 is 2.29 bits per heavy atom. The van der Waals surface area contributed by atoms with Crippen LogP contribution in [-0.4, -0.2) is 36.4 Å². The Labute approximate surface area is 81.3 Å². The number of aliphatic carboxylic acids is 1. The third-order valence-electron chi connectivity index (χ3n) is 1.74. The zero-order valence-electron chi connectivity index (χ0n) is 7.86. The van der Waals surface area contributed by atoms with Gasteiger partial charge in [0.25, 0.3) is 0 Å². The fraction of sp³-hybridized carbons (Fsp3) is 0.556. The highest BCUT2D eigenvalue weighted by Crippen LogP contribution is 2.11. The van der Waals surface area contributed by atoms with Gasteiger partial charge in [0, 0.05) is 11.6 Å². The van der Waals surface area contributed by atoms with Gasteiger partial charge in [-0.15, -0.1) is 0 Å². The number of hydrogen-bond donors (Lipinski definition) is 1. The summed E-state index contributed by atoms with van der Waals surface area (Å²) in [5.74, 6) is -1.72. The standard InChI is InChI=1S/C9H12O5/c1-2-6(3-8(10)11)9(12)14-5-7-4-13-7/h3,7H,2,4-5H2,1H3,(H,10,11)/b6-3+. The van der Waals surface area contributed by atoms with Crippen LogP contribution >= 0.6 is 0 Å². The molecule has 0 bridgehead atoms. The molecule has 0 aromatic carbocycles. The van der Waals surface area contributed by atoms with Crippen LogP contribution in [-0.2, 0) is 19.1 Å². The molecule has 1 heterocycles. The summed E-state index contributed by atoms with van der Waals surface area (Å²) < 4.78 is 9.66. The second kappa shape index (κ2) is 4.76. The van der Waals surface area contributed by atoms with Crippen molar-refractivity contribution in [2.45, 2.75) is 19.4 Å². The van der Waals surface area contributed by atoms with Gasteiger partial charge in [0.05, 0.1) is 6.61 Å². The lowest BCUT2D eigenvalue weighted by atomic mass is 10.2. The van der Waals surface area contributed by atoms with E-state index < -0.39 is 11.9 Å². The second-order valence-electron chi connectivity index (χ2n) is 2.92. The molecule has 1 unspecified atom stereocenters. The molecule has 1 N–H and O–H groups in total. The van der Waals surface area contributed by atoms with E-state index in [1.165, 1.54) is 0 Å². The molecular formula is C9H12O5. The Hall–Kier alpha value is -1.36. The molecule has 1 aliphatic heterocycles. The van der Waals surface area contributed by atoms with Crippen molar-refractivity contribution in [1.82, 2.24) is 0 Å². The van der Waals surface area contributed by atoms with Crippen LogP contribution in [0.15, 0.2) is 11.6 Å². The minimum Gasteiger partial charge on any atom is -0.478 e. The summed E-state index contributed by atoms with van der Waals surface area (Å²) in [5.41, 5.74) is 0.165. The van der Waals surface area contributed by atoms with Gasteiger partial charge in [0.1, 0.15) is 12.7 Å². The maximum Gasteiger partial charge on any atom is 0.334 e. The number of ether oxygens (including phenoxy) is 2. The summed E-state index contributed by atoms with van der Waals surface area (Å²) in [7, 11) is 0. The highest BCUT2D eigenvalue weighted by atomic mass is 16.6. The topological polar surface area (TPSA) is 76.1 Å². The van der Waals surface area contributed by atoms with Crippen molar-refractivity contribution < 1.29 is 24.2 Å². The van der Waals surface area contributed by atoms with Crippen molar-refractivity contribution in [3.05, 3.63) is 11.6 Å². The molecule has 1 saturated heterocycles. The Kier molecular flexibility index (Phi) is 3.64. The first-order valence-electron chi connectivity index (χ1n) is 4.35. The molecule has 1 fully saturated rings. The normalized spacial score (nSPS) is 20.4. The van der Waals surface area contributed by atoms with Gasteiger partial charge in [-0.3, -0.25) is 0 Å². The van der Waals surface area contributed by atoms with Crippen molar-refractivity contribution in [3.8, 4) is 0 Å². The summed E-state index contributed by atoms with van der Waals surface area (Å²) in [4.78, 5) is 21.5. The fourth-order valence-corrected chi connectivity index (χ4v) is 0.880. The zero-order valence-corrected chi connectivity index (χ0v) is 7.86. The lowest BCUT2D eigenvalue weighted by molar-refractivity contribution is -0.140. The van der Waals surface area contributed by atoms with Crippen molar-refractivity contribution in [3.63, 3.8) is 0 Å². The van der Waals surface area contributed by atoms with E-state index in [1.54, 1.807) is 6.92 Å². The SMILES string of the molecule is CC/C(=C\C(=O)O)C(=O)OCC1CO1. The molecule has 1 atom stereocenters. The molecule has 5 nitrogen and oxygen atoms in total. The number of carbonyl (C=O) groups is 2. The average Bonchev–Trinajstić information content (AvgIpc) is 2.93. The highest BCUT2D eigenvalue weighted by molar-refractivity contribution is 5.95. The van der Waals surface area contributed by atoms with Crippen molar-refractivity contribution in [1.29, 1.82) is 0 Å². The first kappa shape index (κ1) is 10.7. The van der Waals surface area contributed by atoms with Crippen LogP contribution in [0, 0.1) is 0 Å². The minimum absolute atomic E-state index is 0.00174. The van der Waals surface area contributed by atoms with E-state index in [4.69, 9.17) is 14.6 Å². The van der Waals surface area contributed by atoms with Crippen LogP contribution in [0.1, 0.15) is 13.3 Å². The van der Waals surface area contributed by atoms with Crippen molar-refractivity contribution in [2.75, 3.05) is 13.2 Å².